The van der Waals surface area contributed by atoms with Gasteiger partial charge in [-0.05, 0) is 105 Å². The van der Waals surface area contributed by atoms with Crippen LogP contribution in [0.2, 0.25) is 5.02 Å². The quantitative estimate of drug-likeness (QED) is 0.165. The molecule has 0 radical (unpaired) electrons. The SMILES string of the molecule is CCOC(=O)C1=C(C(F)(F)F)N=c2s/c(=C\c3cc(Br)c(OCc4ccc(C(=O)OCC)cc4)c(Br)c3)c(=O)n2[C@@H]1c1ccc(Cl)cc1. The molecule has 48 heavy (non-hydrogen) atoms. The van der Waals surface area contributed by atoms with Gasteiger partial charge in [-0.25, -0.2) is 14.6 Å². The molecule has 0 saturated heterocycles. The molecule has 3 aromatic carbocycles. The molecule has 1 atom stereocenters. The molecule has 0 amide bonds. The highest BCUT2D eigenvalue weighted by molar-refractivity contribution is 9.11. The van der Waals surface area contributed by atoms with E-state index in [0.717, 1.165) is 21.5 Å². The summed E-state index contributed by atoms with van der Waals surface area (Å²) in [5, 5.41) is 0.319. The van der Waals surface area contributed by atoms with Gasteiger partial charge in [0.05, 0.1) is 43.9 Å². The van der Waals surface area contributed by atoms with Gasteiger partial charge in [0.25, 0.3) is 5.56 Å². The van der Waals surface area contributed by atoms with Gasteiger partial charge < -0.3 is 14.2 Å². The van der Waals surface area contributed by atoms with Crippen LogP contribution in [0.5, 0.6) is 5.75 Å². The summed E-state index contributed by atoms with van der Waals surface area (Å²) in [4.78, 5) is 42.3. The molecule has 0 N–H and O–H groups in total. The van der Waals surface area contributed by atoms with Crippen LogP contribution in [0.3, 0.4) is 0 Å². The van der Waals surface area contributed by atoms with E-state index in [0.29, 0.717) is 30.8 Å². The van der Waals surface area contributed by atoms with Crippen LogP contribution in [0.15, 0.2) is 90.7 Å². The third-order valence-corrected chi connectivity index (χ3v) is 9.36. The molecule has 4 aromatic rings. The Labute approximate surface area is 297 Å². The smallest absolute Gasteiger partial charge is 0.434 e. The van der Waals surface area contributed by atoms with Crippen molar-refractivity contribution in [1.29, 1.82) is 0 Å². The molecule has 0 bridgehead atoms. The van der Waals surface area contributed by atoms with E-state index in [2.05, 4.69) is 36.9 Å². The lowest BCUT2D eigenvalue weighted by Crippen LogP contribution is -2.41. The number of hydrogen-bond acceptors (Lipinski definition) is 8. The number of hydrogen-bond donors (Lipinski definition) is 0. The number of fused-ring (bicyclic) bond motifs is 1. The second-order valence-corrected chi connectivity index (χ2v) is 13.3. The predicted molar refractivity (Wildman–Crippen MR) is 181 cm³/mol. The fourth-order valence-electron chi connectivity index (χ4n) is 4.86. The zero-order valence-electron chi connectivity index (χ0n) is 25.1. The van der Waals surface area contributed by atoms with Gasteiger partial charge in [-0.2, -0.15) is 13.2 Å². The molecule has 5 rings (SSSR count). The van der Waals surface area contributed by atoms with Crippen LogP contribution in [0.25, 0.3) is 6.08 Å². The first kappa shape index (κ1) is 35.6. The molecule has 15 heteroatoms. The average Bonchev–Trinajstić information content (AvgIpc) is 3.34. The van der Waals surface area contributed by atoms with Gasteiger partial charge in [0.1, 0.15) is 12.4 Å². The number of rotatable bonds is 9. The van der Waals surface area contributed by atoms with Crippen LogP contribution in [0, 0.1) is 0 Å². The third-order valence-electron chi connectivity index (χ3n) is 6.95. The summed E-state index contributed by atoms with van der Waals surface area (Å²) >= 11 is 13.8. The van der Waals surface area contributed by atoms with Crippen LogP contribution in [0.4, 0.5) is 13.2 Å². The lowest BCUT2D eigenvalue weighted by Gasteiger charge is -2.26. The Balaban J connectivity index is 1.53. The lowest BCUT2D eigenvalue weighted by atomic mass is 9.95. The minimum Gasteiger partial charge on any atom is -0.487 e. The number of allylic oxidation sites excluding steroid dienone is 1. The average molecular weight is 829 g/mol. The van der Waals surface area contributed by atoms with Crippen molar-refractivity contribution >= 4 is 72.8 Å². The first-order valence-corrected chi connectivity index (χ1v) is 17.0. The van der Waals surface area contributed by atoms with E-state index >= 15 is 0 Å². The molecule has 8 nitrogen and oxygen atoms in total. The fourth-order valence-corrected chi connectivity index (χ4v) is 7.44. The Morgan fingerprint density at radius 2 is 1.58 bits per heavy atom. The summed E-state index contributed by atoms with van der Waals surface area (Å²) < 4.78 is 61.3. The zero-order valence-corrected chi connectivity index (χ0v) is 29.8. The van der Waals surface area contributed by atoms with Gasteiger partial charge in [0.15, 0.2) is 10.5 Å². The highest BCUT2D eigenvalue weighted by Gasteiger charge is 2.45. The number of halogens is 6. The third kappa shape index (κ3) is 7.61. The number of thiazole rings is 1. The maximum atomic E-state index is 14.4. The molecule has 0 spiro atoms. The second kappa shape index (κ2) is 14.8. The van der Waals surface area contributed by atoms with E-state index < -0.39 is 41.0 Å². The summed E-state index contributed by atoms with van der Waals surface area (Å²) in [6.07, 6.45) is -3.51. The number of carbonyl (C=O) groups is 2. The molecular weight excluding hydrogens is 805 g/mol. The number of esters is 2. The van der Waals surface area contributed by atoms with Crippen molar-refractivity contribution in [1.82, 2.24) is 4.57 Å². The van der Waals surface area contributed by atoms with E-state index in [-0.39, 0.29) is 34.7 Å². The van der Waals surface area contributed by atoms with E-state index in [1.54, 1.807) is 43.3 Å². The molecule has 1 aromatic heterocycles. The molecule has 0 fully saturated rings. The minimum atomic E-state index is -5.02. The van der Waals surface area contributed by atoms with E-state index in [9.17, 15) is 27.6 Å². The van der Waals surface area contributed by atoms with E-state index in [1.807, 2.05) is 0 Å². The van der Waals surface area contributed by atoms with Crippen molar-refractivity contribution in [2.24, 2.45) is 4.99 Å². The van der Waals surface area contributed by atoms with Gasteiger partial charge in [-0.3, -0.25) is 9.36 Å². The summed E-state index contributed by atoms with van der Waals surface area (Å²) in [5.74, 6) is -1.19. The summed E-state index contributed by atoms with van der Waals surface area (Å²) in [5.41, 5.74) is -0.931. The highest BCUT2D eigenvalue weighted by Crippen LogP contribution is 2.39. The molecule has 1 aliphatic heterocycles. The molecule has 1 aliphatic rings. The largest absolute Gasteiger partial charge is 0.487 e. The Morgan fingerprint density at radius 3 is 2.17 bits per heavy atom. The van der Waals surface area contributed by atoms with E-state index in [1.165, 1.54) is 37.3 Å². The normalized spacial score (nSPS) is 14.8. The van der Waals surface area contributed by atoms with Gasteiger partial charge in [-0.1, -0.05) is 47.2 Å². The monoisotopic (exact) mass is 826 g/mol. The topological polar surface area (TPSA) is 96.2 Å². The van der Waals surface area contributed by atoms with E-state index in [4.69, 9.17) is 25.8 Å². The maximum Gasteiger partial charge on any atom is 0.434 e. The van der Waals surface area contributed by atoms with Crippen molar-refractivity contribution in [2.75, 3.05) is 13.2 Å². The zero-order chi connectivity index (χ0) is 34.7. The van der Waals surface area contributed by atoms with Crippen LogP contribution in [-0.4, -0.2) is 35.9 Å². The fraction of sp³-hybridized carbons (Fsp3) is 0.212. The Kier molecular flexibility index (Phi) is 11.0. The van der Waals surface area contributed by atoms with Gasteiger partial charge in [0.2, 0.25) is 0 Å². The summed E-state index contributed by atoms with van der Waals surface area (Å²) in [6, 6.07) is 14.5. The predicted octanol–water partition coefficient (Wildman–Crippen LogP) is 7.27. The number of carbonyl (C=O) groups excluding carboxylic acids is 2. The van der Waals surface area contributed by atoms with Crippen LogP contribution >= 0.6 is 54.8 Å². The molecule has 250 valence electrons. The highest BCUT2D eigenvalue weighted by atomic mass is 79.9. The number of aromatic nitrogens is 1. The number of alkyl halides is 3. The van der Waals surface area contributed by atoms with Crippen LogP contribution in [-0.2, 0) is 20.9 Å². The standard InChI is InChI=1S/C33H24Br2ClF3N2O6S/c1-3-45-30(43)20-7-5-17(6-8-20)16-47-27-22(34)13-18(14-23(27)35)15-24-29(42)41-26(19-9-11-21(36)12-10-19)25(31(44)46-4-2)28(33(37,38)39)40-32(41)48-24/h5-15,26H,3-4,16H2,1-2H3/b24-15-/t26-/m1/s1. The van der Waals surface area contributed by atoms with Gasteiger partial charge >= 0.3 is 18.1 Å². The van der Waals surface area contributed by atoms with Gasteiger partial charge in [-0.15, -0.1) is 0 Å². The molecule has 2 heterocycles. The van der Waals surface area contributed by atoms with Crippen LogP contribution < -0.4 is 19.6 Å². The van der Waals surface area contributed by atoms with Crippen molar-refractivity contribution in [3.63, 3.8) is 0 Å². The second-order valence-electron chi connectivity index (χ2n) is 10.1. The maximum absolute atomic E-state index is 14.4. The number of nitrogens with zero attached hydrogens (tertiary/aromatic N) is 2. The van der Waals surface area contributed by atoms with Crippen molar-refractivity contribution in [2.45, 2.75) is 32.7 Å². The molecule has 0 saturated carbocycles. The van der Waals surface area contributed by atoms with Crippen molar-refractivity contribution in [3.8, 4) is 5.75 Å². The van der Waals surface area contributed by atoms with Crippen molar-refractivity contribution < 1.29 is 37.0 Å². The summed E-state index contributed by atoms with van der Waals surface area (Å²) in [6.45, 7) is 3.46. The van der Waals surface area contributed by atoms with Crippen LogP contribution in [0.1, 0.15) is 46.9 Å². The summed E-state index contributed by atoms with van der Waals surface area (Å²) in [7, 11) is 0. The molecule has 0 unspecified atom stereocenters. The van der Waals surface area contributed by atoms with Gasteiger partial charge in [0, 0.05) is 5.02 Å². The Morgan fingerprint density at radius 1 is 0.979 bits per heavy atom. The van der Waals surface area contributed by atoms with Crippen molar-refractivity contribution in [3.05, 3.63) is 128 Å². The lowest BCUT2D eigenvalue weighted by molar-refractivity contribution is -0.140. The molecule has 0 aliphatic carbocycles. The first-order chi connectivity index (χ1) is 22.8. The number of ether oxygens (including phenoxy) is 3. The Bertz CT molecular complexity index is 2070. The first-order valence-electron chi connectivity index (χ1n) is 14.3. The molecular formula is C33H24Br2ClF3N2O6S. The number of benzene rings is 3. The Hall–Kier alpha value is -3.72. The minimum absolute atomic E-state index is 0.0773.